The summed E-state index contributed by atoms with van der Waals surface area (Å²) < 4.78 is 5.90. The molecule has 0 aromatic heterocycles. The lowest BCUT2D eigenvalue weighted by atomic mass is 9.84. The fourth-order valence-corrected chi connectivity index (χ4v) is 3.38. The number of hydrogen-bond donors (Lipinski definition) is 0. The molecule has 122 valence electrons. The van der Waals surface area contributed by atoms with E-state index in [1.807, 2.05) is 6.07 Å². The molecular formula is C21H27NO. The third kappa shape index (κ3) is 4.51. The topological polar surface area (TPSA) is 12.5 Å². The van der Waals surface area contributed by atoms with Gasteiger partial charge in [-0.15, -0.1) is 0 Å². The number of para-hydroxylation sites is 1. The summed E-state index contributed by atoms with van der Waals surface area (Å²) in [4.78, 5) is 2.22. The number of anilines is 1. The molecule has 0 aliphatic heterocycles. The van der Waals surface area contributed by atoms with Crippen molar-refractivity contribution in [3.63, 3.8) is 0 Å². The van der Waals surface area contributed by atoms with Crippen molar-refractivity contribution >= 4 is 5.69 Å². The Hall–Kier alpha value is -1.96. The van der Waals surface area contributed by atoms with E-state index in [1.165, 1.54) is 43.4 Å². The summed E-state index contributed by atoms with van der Waals surface area (Å²) in [5.41, 5.74) is 2.71. The minimum absolute atomic E-state index is 0.703. The van der Waals surface area contributed by atoms with Gasteiger partial charge in [-0.05, 0) is 48.6 Å². The molecule has 0 heterocycles. The van der Waals surface area contributed by atoms with Crippen molar-refractivity contribution in [1.29, 1.82) is 0 Å². The summed E-state index contributed by atoms with van der Waals surface area (Å²) in [5.74, 6) is 1.74. The fraction of sp³-hybridized carbons (Fsp3) is 0.429. The zero-order valence-corrected chi connectivity index (χ0v) is 14.1. The maximum atomic E-state index is 5.90. The number of hydrogen-bond acceptors (Lipinski definition) is 2. The molecule has 1 aliphatic rings. The molecule has 1 aliphatic carbocycles. The molecule has 0 bridgehead atoms. The molecule has 2 aromatic rings. The van der Waals surface area contributed by atoms with E-state index < -0.39 is 0 Å². The highest BCUT2D eigenvalue weighted by molar-refractivity contribution is 5.44. The summed E-state index contributed by atoms with van der Waals surface area (Å²) in [6.45, 7) is 1.59. The molecule has 0 atom stereocenters. The second kappa shape index (κ2) is 8.05. The normalized spacial score (nSPS) is 15.3. The Morgan fingerprint density at radius 1 is 0.913 bits per heavy atom. The highest BCUT2D eigenvalue weighted by Crippen LogP contribution is 2.33. The first-order valence-electron chi connectivity index (χ1n) is 8.82. The van der Waals surface area contributed by atoms with Crippen LogP contribution in [0, 0.1) is 0 Å². The molecule has 0 spiro atoms. The lowest BCUT2D eigenvalue weighted by Crippen LogP contribution is -2.23. The van der Waals surface area contributed by atoms with Gasteiger partial charge in [0, 0.05) is 12.7 Å². The van der Waals surface area contributed by atoms with E-state index in [9.17, 15) is 0 Å². The Balaban J connectivity index is 1.47. The van der Waals surface area contributed by atoms with Gasteiger partial charge in [-0.25, -0.2) is 0 Å². The van der Waals surface area contributed by atoms with Crippen molar-refractivity contribution in [3.05, 3.63) is 60.2 Å². The Morgan fingerprint density at radius 3 is 2.30 bits per heavy atom. The number of ether oxygens (including phenoxy) is 1. The summed E-state index contributed by atoms with van der Waals surface area (Å²) >= 11 is 0. The minimum Gasteiger partial charge on any atom is -0.492 e. The first kappa shape index (κ1) is 15.9. The number of benzene rings is 2. The fourth-order valence-electron chi connectivity index (χ4n) is 3.38. The summed E-state index contributed by atoms with van der Waals surface area (Å²) in [7, 11) is 2.10. The van der Waals surface area contributed by atoms with E-state index in [0.29, 0.717) is 6.61 Å². The number of likely N-dealkylation sites (N-methyl/N-ethyl adjacent to an activating group) is 1. The van der Waals surface area contributed by atoms with Crippen molar-refractivity contribution in [2.75, 3.05) is 25.1 Å². The van der Waals surface area contributed by atoms with E-state index in [2.05, 4.69) is 60.5 Å². The molecule has 0 amide bonds. The van der Waals surface area contributed by atoms with Crippen molar-refractivity contribution in [2.24, 2.45) is 0 Å². The molecule has 0 N–H and O–H groups in total. The lowest BCUT2D eigenvalue weighted by molar-refractivity contribution is 0.325. The third-order valence-corrected chi connectivity index (χ3v) is 4.85. The van der Waals surface area contributed by atoms with Crippen LogP contribution in [0.15, 0.2) is 54.6 Å². The molecule has 23 heavy (non-hydrogen) atoms. The Kier molecular flexibility index (Phi) is 5.57. The first-order valence-corrected chi connectivity index (χ1v) is 8.82. The molecule has 0 saturated heterocycles. The smallest absolute Gasteiger partial charge is 0.119 e. The molecule has 0 unspecified atom stereocenters. The quantitative estimate of drug-likeness (QED) is 0.722. The maximum absolute atomic E-state index is 5.90. The van der Waals surface area contributed by atoms with Crippen molar-refractivity contribution in [1.82, 2.24) is 0 Å². The van der Waals surface area contributed by atoms with Crippen molar-refractivity contribution in [3.8, 4) is 5.75 Å². The SMILES string of the molecule is CN(CCOc1ccc(C2CCCCC2)cc1)c1ccccc1. The highest BCUT2D eigenvalue weighted by atomic mass is 16.5. The largest absolute Gasteiger partial charge is 0.492 e. The van der Waals surface area contributed by atoms with E-state index in [-0.39, 0.29) is 0 Å². The molecule has 2 heteroatoms. The van der Waals surface area contributed by atoms with Crippen LogP contribution in [-0.2, 0) is 0 Å². The molecule has 2 aromatic carbocycles. The Labute approximate surface area is 140 Å². The van der Waals surface area contributed by atoms with Gasteiger partial charge in [0.2, 0.25) is 0 Å². The molecule has 0 radical (unpaired) electrons. The third-order valence-electron chi connectivity index (χ3n) is 4.85. The van der Waals surface area contributed by atoms with Crippen LogP contribution in [0.3, 0.4) is 0 Å². The van der Waals surface area contributed by atoms with Gasteiger partial charge < -0.3 is 9.64 Å². The second-order valence-electron chi connectivity index (χ2n) is 6.51. The molecule has 1 fully saturated rings. The average Bonchev–Trinajstić information content (AvgIpc) is 2.64. The van der Waals surface area contributed by atoms with Crippen LogP contribution in [0.2, 0.25) is 0 Å². The van der Waals surface area contributed by atoms with Gasteiger partial charge in [0.05, 0.1) is 6.54 Å². The van der Waals surface area contributed by atoms with E-state index in [1.54, 1.807) is 0 Å². The van der Waals surface area contributed by atoms with Gasteiger partial charge in [-0.2, -0.15) is 0 Å². The van der Waals surface area contributed by atoms with E-state index in [4.69, 9.17) is 4.74 Å². The van der Waals surface area contributed by atoms with Crippen LogP contribution in [0.4, 0.5) is 5.69 Å². The van der Waals surface area contributed by atoms with Gasteiger partial charge in [0.15, 0.2) is 0 Å². The van der Waals surface area contributed by atoms with Crippen LogP contribution in [0.5, 0.6) is 5.75 Å². The van der Waals surface area contributed by atoms with Crippen LogP contribution < -0.4 is 9.64 Å². The van der Waals surface area contributed by atoms with Crippen LogP contribution in [-0.4, -0.2) is 20.2 Å². The maximum Gasteiger partial charge on any atom is 0.119 e. The second-order valence-corrected chi connectivity index (χ2v) is 6.51. The zero-order chi connectivity index (χ0) is 15.9. The number of nitrogens with zero attached hydrogens (tertiary/aromatic N) is 1. The van der Waals surface area contributed by atoms with Gasteiger partial charge >= 0.3 is 0 Å². The molecular weight excluding hydrogens is 282 g/mol. The molecule has 2 nitrogen and oxygen atoms in total. The number of rotatable bonds is 6. The summed E-state index contributed by atoms with van der Waals surface area (Å²) in [5, 5.41) is 0. The minimum atomic E-state index is 0.703. The first-order chi connectivity index (χ1) is 11.3. The van der Waals surface area contributed by atoms with Gasteiger partial charge in [0.25, 0.3) is 0 Å². The lowest BCUT2D eigenvalue weighted by Gasteiger charge is -2.22. The highest BCUT2D eigenvalue weighted by Gasteiger charge is 2.15. The monoisotopic (exact) mass is 309 g/mol. The van der Waals surface area contributed by atoms with Gasteiger partial charge in [-0.3, -0.25) is 0 Å². The Morgan fingerprint density at radius 2 is 1.61 bits per heavy atom. The predicted molar refractivity (Wildman–Crippen MR) is 97.5 cm³/mol. The van der Waals surface area contributed by atoms with Crippen LogP contribution in [0.1, 0.15) is 43.6 Å². The zero-order valence-electron chi connectivity index (χ0n) is 14.1. The average molecular weight is 309 g/mol. The van der Waals surface area contributed by atoms with E-state index in [0.717, 1.165) is 18.2 Å². The standard InChI is InChI=1S/C21H27NO/c1-22(20-10-6-3-7-11-20)16-17-23-21-14-12-19(13-15-21)18-8-4-2-5-9-18/h3,6-7,10-15,18H,2,4-5,8-9,16-17H2,1H3. The van der Waals surface area contributed by atoms with E-state index >= 15 is 0 Å². The van der Waals surface area contributed by atoms with Crippen LogP contribution in [0.25, 0.3) is 0 Å². The van der Waals surface area contributed by atoms with Gasteiger partial charge in [-0.1, -0.05) is 49.6 Å². The summed E-state index contributed by atoms with van der Waals surface area (Å²) in [6.07, 6.45) is 6.88. The van der Waals surface area contributed by atoms with Crippen LogP contribution >= 0.6 is 0 Å². The Bertz CT molecular complexity index is 573. The van der Waals surface area contributed by atoms with Crippen molar-refractivity contribution in [2.45, 2.75) is 38.0 Å². The van der Waals surface area contributed by atoms with Gasteiger partial charge in [0.1, 0.15) is 12.4 Å². The molecule has 1 saturated carbocycles. The summed E-state index contributed by atoms with van der Waals surface area (Å²) in [6, 6.07) is 19.2. The van der Waals surface area contributed by atoms with Crippen molar-refractivity contribution < 1.29 is 4.74 Å². The molecule has 3 rings (SSSR count). The predicted octanol–water partition coefficient (Wildman–Crippen LogP) is 5.25.